The van der Waals surface area contributed by atoms with Crippen molar-refractivity contribution in [2.75, 3.05) is 0 Å². The lowest BCUT2D eigenvalue weighted by Gasteiger charge is -2.09. The quantitative estimate of drug-likeness (QED) is 0.665. The molecule has 0 heterocycles. The Morgan fingerprint density at radius 3 is 2.69 bits per heavy atom. The highest BCUT2D eigenvalue weighted by Gasteiger charge is 2.28. The number of hydrogen-bond donors (Lipinski definition) is 0. The van der Waals surface area contributed by atoms with E-state index in [1.165, 1.54) is 12.8 Å². The molecule has 0 spiro atoms. The van der Waals surface area contributed by atoms with Crippen LogP contribution in [0.4, 0.5) is 4.39 Å². The molecule has 0 aliphatic heterocycles. The Morgan fingerprint density at radius 2 is 2.08 bits per heavy atom. The highest BCUT2D eigenvalue weighted by molar-refractivity contribution is 5.18. The molecule has 1 atom stereocenters. The molecule has 0 radical (unpaired) electrons. The van der Waals surface area contributed by atoms with Gasteiger partial charge in [-0.05, 0) is 42.7 Å². The van der Waals surface area contributed by atoms with Crippen LogP contribution >= 0.6 is 0 Å². The third kappa shape index (κ3) is 2.09. The molecular weight excluding hydrogens is 163 g/mol. The van der Waals surface area contributed by atoms with Crippen molar-refractivity contribution in [3.05, 3.63) is 35.6 Å². The van der Waals surface area contributed by atoms with Gasteiger partial charge in [-0.2, -0.15) is 0 Å². The van der Waals surface area contributed by atoms with E-state index in [0.717, 1.165) is 17.9 Å². The molecule has 0 aromatic heterocycles. The molecule has 1 saturated carbocycles. The fourth-order valence-electron chi connectivity index (χ4n) is 1.84. The van der Waals surface area contributed by atoms with E-state index in [-0.39, 0.29) is 5.82 Å². The summed E-state index contributed by atoms with van der Waals surface area (Å²) < 4.78 is 13.2. The van der Waals surface area contributed by atoms with Gasteiger partial charge in [0.1, 0.15) is 5.82 Å². The van der Waals surface area contributed by atoms with Gasteiger partial charge in [-0.15, -0.1) is 0 Å². The largest absolute Gasteiger partial charge is 0.207 e. The highest BCUT2D eigenvalue weighted by atomic mass is 19.1. The van der Waals surface area contributed by atoms with Crippen molar-refractivity contribution < 1.29 is 4.39 Å². The Kier molecular flexibility index (Phi) is 2.34. The van der Waals surface area contributed by atoms with Crippen LogP contribution in [0.3, 0.4) is 0 Å². The topological polar surface area (TPSA) is 0 Å². The van der Waals surface area contributed by atoms with Crippen molar-refractivity contribution in [3.8, 4) is 0 Å². The van der Waals surface area contributed by atoms with Crippen molar-refractivity contribution in [1.29, 1.82) is 0 Å². The van der Waals surface area contributed by atoms with Crippen LogP contribution in [0.25, 0.3) is 0 Å². The normalized spacial score (nSPS) is 18.6. The Bertz CT molecular complexity index is 289. The maximum Gasteiger partial charge on any atom is 0.126 e. The maximum atomic E-state index is 13.2. The highest BCUT2D eigenvalue weighted by Crippen LogP contribution is 2.38. The van der Waals surface area contributed by atoms with Gasteiger partial charge in [0.2, 0.25) is 0 Å². The van der Waals surface area contributed by atoms with Crippen LogP contribution in [0.15, 0.2) is 24.3 Å². The molecule has 1 aliphatic carbocycles. The van der Waals surface area contributed by atoms with Crippen LogP contribution in [0.5, 0.6) is 0 Å². The summed E-state index contributed by atoms with van der Waals surface area (Å²) in [6.07, 6.45) is 3.59. The van der Waals surface area contributed by atoms with Gasteiger partial charge >= 0.3 is 0 Å². The molecule has 0 N–H and O–H groups in total. The first-order chi connectivity index (χ1) is 6.27. The van der Waals surface area contributed by atoms with Crippen molar-refractivity contribution >= 4 is 0 Å². The Hall–Kier alpha value is -0.850. The predicted molar refractivity (Wildman–Crippen MR) is 52.0 cm³/mol. The number of halogens is 1. The molecule has 1 heteroatoms. The van der Waals surface area contributed by atoms with Gasteiger partial charge in [-0.3, -0.25) is 0 Å². The molecule has 0 amide bonds. The molecule has 13 heavy (non-hydrogen) atoms. The van der Waals surface area contributed by atoms with Crippen LogP contribution in [0.1, 0.15) is 25.3 Å². The first kappa shape index (κ1) is 8.74. The first-order valence-electron chi connectivity index (χ1n) is 5.01. The minimum absolute atomic E-state index is 0.0463. The van der Waals surface area contributed by atoms with E-state index < -0.39 is 0 Å². The lowest BCUT2D eigenvalue weighted by Crippen LogP contribution is -2.03. The monoisotopic (exact) mass is 178 g/mol. The zero-order valence-corrected chi connectivity index (χ0v) is 7.96. The van der Waals surface area contributed by atoms with Crippen LogP contribution in [-0.4, -0.2) is 0 Å². The van der Waals surface area contributed by atoms with Gasteiger partial charge in [0, 0.05) is 0 Å². The first-order valence-corrected chi connectivity index (χ1v) is 5.01. The van der Waals surface area contributed by atoms with E-state index in [2.05, 4.69) is 6.92 Å². The number of hydrogen-bond acceptors (Lipinski definition) is 0. The summed E-state index contributed by atoms with van der Waals surface area (Å²) in [7, 11) is 0. The molecule has 1 aromatic rings. The Labute approximate surface area is 78.8 Å². The van der Waals surface area contributed by atoms with E-state index in [1.807, 2.05) is 12.1 Å². The molecule has 0 saturated heterocycles. The molecule has 1 aliphatic rings. The molecule has 1 unspecified atom stereocenters. The van der Waals surface area contributed by atoms with E-state index in [9.17, 15) is 4.39 Å². The van der Waals surface area contributed by atoms with Crippen molar-refractivity contribution in [2.45, 2.75) is 26.2 Å². The molecular formula is C12H15F. The lowest BCUT2D eigenvalue weighted by molar-refractivity contribution is 0.490. The third-order valence-electron chi connectivity index (χ3n) is 2.93. The smallest absolute Gasteiger partial charge is 0.126 e. The molecule has 1 aromatic carbocycles. The second kappa shape index (κ2) is 3.49. The summed E-state index contributed by atoms with van der Waals surface area (Å²) in [5.41, 5.74) is 0.877. The maximum absolute atomic E-state index is 13.2. The second-order valence-corrected chi connectivity index (χ2v) is 4.11. The van der Waals surface area contributed by atoms with Crippen LogP contribution < -0.4 is 0 Å². The zero-order valence-electron chi connectivity index (χ0n) is 7.96. The summed E-state index contributed by atoms with van der Waals surface area (Å²) in [4.78, 5) is 0. The lowest BCUT2D eigenvalue weighted by atomic mass is 9.96. The fourth-order valence-corrected chi connectivity index (χ4v) is 1.84. The third-order valence-corrected chi connectivity index (χ3v) is 2.93. The molecule has 70 valence electrons. The summed E-state index contributed by atoms with van der Waals surface area (Å²) in [6.45, 7) is 2.23. The average Bonchev–Trinajstić information content (AvgIpc) is 2.91. The molecule has 0 bridgehead atoms. The Morgan fingerprint density at radius 1 is 1.38 bits per heavy atom. The number of rotatable bonds is 3. The van der Waals surface area contributed by atoms with Gasteiger partial charge in [0.05, 0.1) is 0 Å². The molecule has 0 nitrogen and oxygen atoms in total. The SMILES string of the molecule is CC(Cc1ccccc1F)C1CC1. The second-order valence-electron chi connectivity index (χ2n) is 4.11. The molecule has 2 rings (SSSR count). The minimum atomic E-state index is -0.0463. The summed E-state index contributed by atoms with van der Waals surface area (Å²) >= 11 is 0. The molecule has 1 fully saturated rings. The summed E-state index contributed by atoms with van der Waals surface area (Å²) in [6, 6.07) is 7.11. The van der Waals surface area contributed by atoms with Gasteiger partial charge in [0.15, 0.2) is 0 Å². The van der Waals surface area contributed by atoms with E-state index in [0.29, 0.717) is 5.92 Å². The predicted octanol–water partition coefficient (Wildman–Crippen LogP) is 3.41. The van der Waals surface area contributed by atoms with E-state index in [4.69, 9.17) is 0 Å². The Balaban J connectivity index is 2.03. The van der Waals surface area contributed by atoms with E-state index >= 15 is 0 Å². The number of benzene rings is 1. The van der Waals surface area contributed by atoms with Crippen LogP contribution in [0, 0.1) is 17.7 Å². The van der Waals surface area contributed by atoms with Crippen molar-refractivity contribution in [2.24, 2.45) is 11.8 Å². The van der Waals surface area contributed by atoms with Crippen molar-refractivity contribution in [3.63, 3.8) is 0 Å². The minimum Gasteiger partial charge on any atom is -0.207 e. The van der Waals surface area contributed by atoms with Gasteiger partial charge < -0.3 is 0 Å². The van der Waals surface area contributed by atoms with E-state index in [1.54, 1.807) is 12.1 Å². The summed E-state index contributed by atoms with van der Waals surface area (Å²) in [5.74, 6) is 1.46. The average molecular weight is 178 g/mol. The van der Waals surface area contributed by atoms with Gasteiger partial charge in [-0.1, -0.05) is 25.1 Å². The zero-order chi connectivity index (χ0) is 9.26. The van der Waals surface area contributed by atoms with Gasteiger partial charge in [-0.25, -0.2) is 4.39 Å². The standard InChI is InChI=1S/C12H15F/c1-9(10-6-7-10)8-11-4-2-3-5-12(11)13/h2-5,9-10H,6-8H2,1H3. The van der Waals surface area contributed by atoms with Crippen LogP contribution in [-0.2, 0) is 6.42 Å². The fraction of sp³-hybridized carbons (Fsp3) is 0.500. The van der Waals surface area contributed by atoms with Gasteiger partial charge in [0.25, 0.3) is 0 Å². The van der Waals surface area contributed by atoms with Crippen molar-refractivity contribution in [1.82, 2.24) is 0 Å². The summed E-state index contributed by atoms with van der Waals surface area (Å²) in [5, 5.41) is 0. The van der Waals surface area contributed by atoms with Crippen LogP contribution in [0.2, 0.25) is 0 Å².